The number of nitrogens with zero attached hydrogens (tertiary/aromatic N) is 6. The predicted molar refractivity (Wildman–Crippen MR) is 198 cm³/mol. The van der Waals surface area contributed by atoms with Gasteiger partial charge in [-0.3, -0.25) is 4.90 Å². The standard InChI is InChI=1S/C38H72N8O/c1-28(2)45(29-24-35(6,7)42-36(8,9)25-29)18-16-14-15-17-19-46(30-26-37(10,11)43-38(12,13)27-30)33-40-31(34(3,4)5)39-32(41-33)44-20-22-47-23-21-44/h28-30,42-43H,14-27H2,1-13H3. The molecule has 0 spiro atoms. The number of rotatable bonds is 12. The molecule has 0 atom stereocenters. The van der Waals surface area contributed by atoms with Crippen LogP contribution in [0.2, 0.25) is 0 Å². The van der Waals surface area contributed by atoms with Gasteiger partial charge in [0, 0.05) is 65.3 Å². The van der Waals surface area contributed by atoms with Crippen LogP contribution in [0.3, 0.4) is 0 Å². The van der Waals surface area contributed by atoms with Crippen LogP contribution in [0.4, 0.5) is 11.9 Å². The molecule has 2 N–H and O–H groups in total. The van der Waals surface area contributed by atoms with Crippen molar-refractivity contribution < 1.29 is 4.74 Å². The minimum Gasteiger partial charge on any atom is -0.378 e. The van der Waals surface area contributed by atoms with Gasteiger partial charge in [-0.15, -0.1) is 0 Å². The predicted octanol–water partition coefficient (Wildman–Crippen LogP) is 6.70. The number of hydrogen-bond acceptors (Lipinski definition) is 9. The van der Waals surface area contributed by atoms with E-state index in [-0.39, 0.29) is 27.6 Å². The van der Waals surface area contributed by atoms with Crippen LogP contribution in [0.5, 0.6) is 0 Å². The van der Waals surface area contributed by atoms with Crippen LogP contribution < -0.4 is 20.4 Å². The monoisotopic (exact) mass is 657 g/mol. The van der Waals surface area contributed by atoms with Gasteiger partial charge in [0.05, 0.1) is 13.2 Å². The van der Waals surface area contributed by atoms with E-state index < -0.39 is 0 Å². The van der Waals surface area contributed by atoms with Crippen LogP contribution in [0.25, 0.3) is 0 Å². The number of morpholine rings is 1. The van der Waals surface area contributed by atoms with Gasteiger partial charge in [-0.05, 0) is 114 Å². The Balaban J connectivity index is 1.48. The molecule has 9 heteroatoms. The summed E-state index contributed by atoms with van der Waals surface area (Å²) in [5.74, 6) is 2.53. The molecule has 47 heavy (non-hydrogen) atoms. The van der Waals surface area contributed by atoms with Crippen LogP contribution in [0, 0.1) is 0 Å². The number of hydrogen-bond donors (Lipinski definition) is 2. The average Bonchev–Trinajstić information content (AvgIpc) is 2.90. The van der Waals surface area contributed by atoms with Gasteiger partial charge in [0.2, 0.25) is 11.9 Å². The third-order valence-corrected chi connectivity index (χ3v) is 10.3. The molecule has 1 aromatic rings. The highest BCUT2D eigenvalue weighted by atomic mass is 16.5. The number of piperidine rings is 2. The van der Waals surface area contributed by atoms with E-state index in [1.165, 1.54) is 38.6 Å². The molecule has 9 nitrogen and oxygen atoms in total. The third-order valence-electron chi connectivity index (χ3n) is 10.3. The van der Waals surface area contributed by atoms with E-state index in [1.54, 1.807) is 0 Å². The second-order valence-electron chi connectivity index (χ2n) is 19.0. The summed E-state index contributed by atoms with van der Waals surface area (Å²) in [6.45, 7) is 35.5. The lowest BCUT2D eigenvalue weighted by Gasteiger charge is -2.50. The minimum atomic E-state index is -0.168. The zero-order valence-corrected chi connectivity index (χ0v) is 32.7. The highest BCUT2D eigenvalue weighted by Crippen LogP contribution is 2.35. The Morgan fingerprint density at radius 2 is 1.21 bits per heavy atom. The second kappa shape index (κ2) is 14.7. The maximum absolute atomic E-state index is 5.67. The van der Waals surface area contributed by atoms with Crippen LogP contribution in [0.15, 0.2) is 0 Å². The SMILES string of the molecule is CC(C)N(CCCCCCN(c1nc(N2CCOCC2)nc(C(C)(C)C)n1)C1CC(C)(C)NC(C)(C)C1)C1CC(C)(C)NC(C)(C)C1. The molecule has 3 aliphatic heterocycles. The quantitative estimate of drug-likeness (QED) is 0.239. The number of anilines is 2. The molecule has 4 heterocycles. The fraction of sp³-hybridized carbons (Fsp3) is 0.921. The van der Waals surface area contributed by atoms with Gasteiger partial charge in [-0.25, -0.2) is 0 Å². The molecule has 4 rings (SSSR count). The van der Waals surface area contributed by atoms with Crippen LogP contribution in [-0.4, -0.2) is 99.5 Å². The molecule has 0 unspecified atom stereocenters. The van der Waals surface area contributed by atoms with E-state index in [0.717, 1.165) is 56.6 Å². The van der Waals surface area contributed by atoms with Crippen molar-refractivity contribution in [2.45, 2.75) is 187 Å². The van der Waals surface area contributed by atoms with Gasteiger partial charge in [-0.2, -0.15) is 15.0 Å². The molecule has 270 valence electrons. The van der Waals surface area contributed by atoms with Crippen molar-refractivity contribution >= 4 is 11.9 Å². The summed E-state index contributed by atoms with van der Waals surface area (Å²) in [7, 11) is 0. The summed E-state index contributed by atoms with van der Waals surface area (Å²) < 4.78 is 5.67. The summed E-state index contributed by atoms with van der Waals surface area (Å²) in [4.78, 5) is 23.1. The lowest BCUT2D eigenvalue weighted by molar-refractivity contribution is 0.0466. The van der Waals surface area contributed by atoms with E-state index in [1.807, 2.05) is 0 Å². The molecule has 0 aliphatic carbocycles. The summed E-state index contributed by atoms with van der Waals surface area (Å²) in [5, 5.41) is 7.77. The van der Waals surface area contributed by atoms with E-state index in [2.05, 4.69) is 115 Å². The second-order valence-corrected chi connectivity index (χ2v) is 19.0. The summed E-state index contributed by atoms with van der Waals surface area (Å²) in [5.41, 5.74) is 0.248. The average molecular weight is 657 g/mol. The summed E-state index contributed by atoms with van der Waals surface area (Å²) >= 11 is 0. The number of unbranched alkanes of at least 4 members (excludes halogenated alkanes) is 3. The van der Waals surface area contributed by atoms with E-state index >= 15 is 0 Å². The molecule has 0 aromatic carbocycles. The molecule has 0 amide bonds. The molecule has 0 radical (unpaired) electrons. The Hall–Kier alpha value is -1.55. The maximum Gasteiger partial charge on any atom is 0.230 e. The smallest absolute Gasteiger partial charge is 0.230 e. The molecule has 3 aliphatic rings. The molecule has 3 fully saturated rings. The van der Waals surface area contributed by atoms with Crippen molar-refractivity contribution in [2.24, 2.45) is 0 Å². The Kier molecular flexibility index (Phi) is 12.0. The highest BCUT2D eigenvalue weighted by Gasteiger charge is 2.42. The van der Waals surface area contributed by atoms with E-state index in [0.29, 0.717) is 31.3 Å². The van der Waals surface area contributed by atoms with Crippen molar-refractivity contribution in [3.05, 3.63) is 5.82 Å². The van der Waals surface area contributed by atoms with E-state index in [4.69, 9.17) is 19.7 Å². The number of nitrogens with one attached hydrogen (secondary N) is 2. The Morgan fingerprint density at radius 3 is 1.70 bits per heavy atom. The number of ether oxygens (including phenoxy) is 1. The van der Waals surface area contributed by atoms with Crippen molar-refractivity contribution in [1.29, 1.82) is 0 Å². The zero-order valence-electron chi connectivity index (χ0n) is 32.7. The van der Waals surface area contributed by atoms with Gasteiger partial charge in [0.25, 0.3) is 0 Å². The first kappa shape index (κ1) is 38.3. The van der Waals surface area contributed by atoms with Crippen molar-refractivity contribution in [2.75, 3.05) is 49.2 Å². The Morgan fingerprint density at radius 1 is 0.723 bits per heavy atom. The van der Waals surface area contributed by atoms with Gasteiger partial charge >= 0.3 is 0 Å². The zero-order chi connectivity index (χ0) is 34.8. The van der Waals surface area contributed by atoms with Crippen LogP contribution in [-0.2, 0) is 10.2 Å². The molecular weight excluding hydrogens is 584 g/mol. The topological polar surface area (TPSA) is 81.7 Å². The van der Waals surface area contributed by atoms with Crippen LogP contribution >= 0.6 is 0 Å². The van der Waals surface area contributed by atoms with Crippen molar-refractivity contribution in [3.8, 4) is 0 Å². The van der Waals surface area contributed by atoms with Gasteiger partial charge in [0.15, 0.2) is 0 Å². The first-order valence-electron chi connectivity index (χ1n) is 18.9. The lowest BCUT2D eigenvalue weighted by atomic mass is 9.78. The third kappa shape index (κ3) is 11.0. The van der Waals surface area contributed by atoms with Gasteiger partial charge in [-0.1, -0.05) is 33.6 Å². The summed E-state index contributed by atoms with van der Waals surface area (Å²) in [6, 6.07) is 1.55. The largest absolute Gasteiger partial charge is 0.378 e. The molecule has 1 aromatic heterocycles. The van der Waals surface area contributed by atoms with Crippen LogP contribution in [0.1, 0.15) is 147 Å². The highest BCUT2D eigenvalue weighted by molar-refractivity contribution is 5.42. The summed E-state index contributed by atoms with van der Waals surface area (Å²) in [6.07, 6.45) is 9.40. The Bertz CT molecular complexity index is 1120. The van der Waals surface area contributed by atoms with E-state index in [9.17, 15) is 0 Å². The van der Waals surface area contributed by atoms with Crippen molar-refractivity contribution in [1.82, 2.24) is 30.5 Å². The molecule has 0 saturated carbocycles. The lowest BCUT2D eigenvalue weighted by Crippen LogP contribution is -2.63. The first-order valence-corrected chi connectivity index (χ1v) is 18.9. The maximum atomic E-state index is 5.67. The van der Waals surface area contributed by atoms with Gasteiger partial charge in [0.1, 0.15) is 5.82 Å². The fourth-order valence-electron chi connectivity index (χ4n) is 8.95. The minimum absolute atomic E-state index is 0.0374. The fourth-order valence-corrected chi connectivity index (χ4v) is 8.95. The van der Waals surface area contributed by atoms with Crippen molar-refractivity contribution in [3.63, 3.8) is 0 Å². The molecule has 0 bridgehead atoms. The molecular formula is C38H72N8O. The first-order chi connectivity index (χ1) is 21.7. The normalized spacial score (nSPS) is 23.4. The Labute approximate surface area is 288 Å². The van der Waals surface area contributed by atoms with Gasteiger partial charge < -0.3 is 25.2 Å². The molecule has 3 saturated heterocycles. The number of aromatic nitrogens is 3.